The van der Waals surface area contributed by atoms with Crippen LogP contribution in [0.5, 0.6) is 0 Å². The van der Waals surface area contributed by atoms with Gasteiger partial charge in [-0.25, -0.2) is 17.2 Å². The third kappa shape index (κ3) is 1.68. The van der Waals surface area contributed by atoms with Crippen molar-refractivity contribution in [2.24, 2.45) is 5.92 Å². The second kappa shape index (κ2) is 3.51. The van der Waals surface area contributed by atoms with E-state index in [0.29, 0.717) is 17.9 Å². The Kier molecular flexibility index (Phi) is 2.30. The van der Waals surface area contributed by atoms with Gasteiger partial charge in [-0.05, 0) is 42.7 Å². The van der Waals surface area contributed by atoms with E-state index in [4.69, 9.17) is 0 Å². The average Bonchev–Trinajstić information content (AvgIpc) is 3.06. The highest BCUT2D eigenvalue weighted by Gasteiger charge is 2.41. The van der Waals surface area contributed by atoms with Gasteiger partial charge in [-0.15, -0.1) is 0 Å². The average molecular weight is 258 g/mol. The lowest BCUT2D eigenvalue weighted by Gasteiger charge is -2.25. The molecule has 0 bridgehead atoms. The van der Waals surface area contributed by atoms with Crippen LogP contribution in [0.25, 0.3) is 0 Å². The van der Waals surface area contributed by atoms with Crippen molar-refractivity contribution < 1.29 is 17.2 Å². The molecule has 1 aromatic carbocycles. The summed E-state index contributed by atoms with van der Waals surface area (Å²) in [6, 6.07) is 2.47. The van der Waals surface area contributed by atoms with Crippen LogP contribution in [0.4, 0.5) is 8.78 Å². The molecule has 1 aliphatic heterocycles. The van der Waals surface area contributed by atoms with Gasteiger partial charge in [0, 0.05) is 0 Å². The summed E-state index contributed by atoms with van der Waals surface area (Å²) in [6.07, 6.45) is 2.65. The molecule has 1 fully saturated rings. The molecule has 92 valence electrons. The van der Waals surface area contributed by atoms with Gasteiger partial charge in [0.2, 0.25) is 0 Å². The van der Waals surface area contributed by atoms with Crippen LogP contribution < -0.4 is 0 Å². The van der Waals surface area contributed by atoms with Crippen LogP contribution in [0.2, 0.25) is 0 Å². The molecule has 2 aliphatic rings. The molecule has 0 amide bonds. The Morgan fingerprint density at radius 3 is 2.47 bits per heavy atom. The molecule has 0 aromatic heterocycles. The molecule has 2 nitrogen and oxygen atoms in total. The molecule has 1 aromatic rings. The summed E-state index contributed by atoms with van der Waals surface area (Å²) < 4.78 is 50.5. The second-order valence-electron chi connectivity index (χ2n) is 4.83. The van der Waals surface area contributed by atoms with Crippen molar-refractivity contribution in [2.75, 3.05) is 5.75 Å². The van der Waals surface area contributed by atoms with Crippen molar-refractivity contribution in [3.05, 3.63) is 29.3 Å². The fourth-order valence-corrected chi connectivity index (χ4v) is 4.40. The molecule has 17 heavy (non-hydrogen) atoms. The van der Waals surface area contributed by atoms with Crippen molar-refractivity contribution in [3.63, 3.8) is 0 Å². The highest BCUT2D eigenvalue weighted by Crippen LogP contribution is 2.49. The van der Waals surface area contributed by atoms with Gasteiger partial charge in [0.05, 0.1) is 5.75 Å². The van der Waals surface area contributed by atoms with Crippen LogP contribution in [-0.2, 0) is 9.84 Å². The molecule has 1 saturated carbocycles. The van der Waals surface area contributed by atoms with Gasteiger partial charge in [-0.1, -0.05) is 6.07 Å². The van der Waals surface area contributed by atoms with E-state index in [1.165, 1.54) is 6.07 Å². The monoisotopic (exact) mass is 258 g/mol. The van der Waals surface area contributed by atoms with Gasteiger partial charge >= 0.3 is 0 Å². The van der Waals surface area contributed by atoms with E-state index in [-0.39, 0.29) is 16.6 Å². The zero-order valence-corrected chi connectivity index (χ0v) is 9.93. The summed E-state index contributed by atoms with van der Waals surface area (Å²) in [5, 5.41) is 0. The highest BCUT2D eigenvalue weighted by molar-refractivity contribution is 7.91. The van der Waals surface area contributed by atoms with Crippen molar-refractivity contribution >= 4 is 9.84 Å². The number of halogens is 2. The normalized spacial score (nSPS) is 26.6. The Morgan fingerprint density at radius 2 is 1.82 bits per heavy atom. The van der Waals surface area contributed by atoms with Crippen LogP contribution in [0.1, 0.15) is 30.7 Å². The minimum atomic E-state index is -3.65. The minimum Gasteiger partial charge on any atom is -0.224 e. The number of hydrogen-bond donors (Lipinski definition) is 0. The maximum absolute atomic E-state index is 13.7. The van der Waals surface area contributed by atoms with Crippen LogP contribution in [0, 0.1) is 17.6 Å². The predicted octanol–water partition coefficient (Wildman–Crippen LogP) is 2.64. The molecule has 0 N–H and O–H groups in total. The molecule has 1 heterocycles. The number of sulfone groups is 1. The van der Waals surface area contributed by atoms with Crippen LogP contribution in [0.3, 0.4) is 0 Å². The fourth-order valence-electron chi connectivity index (χ4n) is 2.68. The van der Waals surface area contributed by atoms with E-state index in [2.05, 4.69) is 0 Å². The summed E-state index contributed by atoms with van der Waals surface area (Å²) in [6.45, 7) is 0. The first kappa shape index (κ1) is 11.1. The van der Waals surface area contributed by atoms with Gasteiger partial charge in [-0.3, -0.25) is 0 Å². The largest absolute Gasteiger partial charge is 0.224 e. The summed E-state index contributed by atoms with van der Waals surface area (Å²) >= 11 is 0. The Hall–Kier alpha value is -0.970. The van der Waals surface area contributed by atoms with Gasteiger partial charge < -0.3 is 0 Å². The van der Waals surface area contributed by atoms with Gasteiger partial charge in [0.15, 0.2) is 21.5 Å². The van der Waals surface area contributed by atoms with E-state index in [1.54, 1.807) is 0 Å². The summed E-state index contributed by atoms with van der Waals surface area (Å²) in [5.74, 6) is -1.81. The molecule has 1 aliphatic carbocycles. The topological polar surface area (TPSA) is 34.1 Å². The van der Waals surface area contributed by atoms with E-state index in [0.717, 1.165) is 18.9 Å². The summed E-state index contributed by atoms with van der Waals surface area (Å²) in [4.78, 5) is -0.388. The number of hydrogen-bond acceptors (Lipinski definition) is 2. The molecule has 5 heteroatoms. The maximum Gasteiger partial charge on any atom is 0.181 e. The predicted molar refractivity (Wildman–Crippen MR) is 58.5 cm³/mol. The molecule has 1 unspecified atom stereocenters. The first-order valence-corrected chi connectivity index (χ1v) is 7.36. The minimum absolute atomic E-state index is 0.0679. The number of rotatable bonds is 1. The molecule has 0 radical (unpaired) electrons. The highest BCUT2D eigenvalue weighted by atomic mass is 32.2. The molecule has 0 saturated heterocycles. The standard InChI is InChI=1S/C12H12F2O2S/c13-10-4-3-9-8(7-1-2-7)5-6-17(15,16)12(9)11(10)14/h3-4,7-8H,1-2,5-6H2. The quantitative estimate of drug-likeness (QED) is 0.776. The third-order valence-electron chi connectivity index (χ3n) is 3.68. The number of benzene rings is 1. The Bertz CT molecular complexity index is 576. The zero-order chi connectivity index (χ0) is 12.2. The second-order valence-corrected chi connectivity index (χ2v) is 6.88. The fraction of sp³-hybridized carbons (Fsp3) is 0.500. The Labute approximate surface area is 98.6 Å². The van der Waals surface area contributed by atoms with Crippen LogP contribution in [0.15, 0.2) is 17.0 Å². The lowest BCUT2D eigenvalue weighted by molar-refractivity contribution is 0.462. The maximum atomic E-state index is 13.7. The Morgan fingerprint density at radius 1 is 1.12 bits per heavy atom. The van der Waals surface area contributed by atoms with Crippen LogP contribution >= 0.6 is 0 Å². The molecular formula is C12H12F2O2S. The Balaban J connectivity index is 2.24. The van der Waals surface area contributed by atoms with E-state index in [9.17, 15) is 17.2 Å². The third-order valence-corrected chi connectivity index (χ3v) is 5.49. The smallest absolute Gasteiger partial charge is 0.181 e. The SMILES string of the molecule is O=S1(=O)CCC(C2CC2)c2ccc(F)c(F)c21. The first-order chi connectivity index (χ1) is 8.00. The van der Waals surface area contributed by atoms with Crippen molar-refractivity contribution in [3.8, 4) is 0 Å². The zero-order valence-electron chi connectivity index (χ0n) is 9.12. The first-order valence-electron chi connectivity index (χ1n) is 5.71. The summed E-state index contributed by atoms with van der Waals surface area (Å²) in [7, 11) is -3.65. The van der Waals surface area contributed by atoms with Gasteiger partial charge in [-0.2, -0.15) is 0 Å². The van der Waals surface area contributed by atoms with Crippen LogP contribution in [-0.4, -0.2) is 14.2 Å². The lowest BCUT2D eigenvalue weighted by atomic mass is 9.91. The van der Waals surface area contributed by atoms with Gasteiger partial charge in [0.1, 0.15) is 4.90 Å². The van der Waals surface area contributed by atoms with Gasteiger partial charge in [0.25, 0.3) is 0 Å². The molecule has 1 atom stereocenters. The van der Waals surface area contributed by atoms with Crippen molar-refractivity contribution in [2.45, 2.75) is 30.1 Å². The molecular weight excluding hydrogens is 246 g/mol. The van der Waals surface area contributed by atoms with E-state index in [1.807, 2.05) is 0 Å². The van der Waals surface area contributed by atoms with Crippen molar-refractivity contribution in [1.82, 2.24) is 0 Å². The molecule has 3 rings (SSSR count). The van der Waals surface area contributed by atoms with E-state index >= 15 is 0 Å². The summed E-state index contributed by atoms with van der Waals surface area (Å²) in [5.41, 5.74) is 0.484. The number of fused-ring (bicyclic) bond motifs is 1. The van der Waals surface area contributed by atoms with Crippen molar-refractivity contribution in [1.29, 1.82) is 0 Å². The van der Waals surface area contributed by atoms with E-state index < -0.39 is 21.5 Å². The lowest BCUT2D eigenvalue weighted by Crippen LogP contribution is -2.23. The molecule has 0 spiro atoms.